The van der Waals surface area contributed by atoms with Gasteiger partial charge in [0.2, 0.25) is 0 Å². The van der Waals surface area contributed by atoms with Crippen LogP contribution in [0.15, 0.2) is 193 Å². The molecule has 10 aromatic rings. The Morgan fingerprint density at radius 3 is 1.93 bits per heavy atom. The van der Waals surface area contributed by atoms with Crippen molar-refractivity contribution in [3.63, 3.8) is 0 Å². The van der Waals surface area contributed by atoms with Crippen molar-refractivity contribution in [2.45, 2.75) is 19.3 Å². The fourth-order valence-electron chi connectivity index (χ4n) is 9.26. The van der Waals surface area contributed by atoms with E-state index in [1.165, 1.54) is 33.4 Å². The van der Waals surface area contributed by atoms with Gasteiger partial charge in [0.05, 0.1) is 16.7 Å². The molecule has 0 saturated carbocycles. The third kappa shape index (κ3) is 5.00. The number of fused-ring (bicyclic) bond motifs is 5. The number of rotatable bonds is 6. The van der Waals surface area contributed by atoms with Crippen LogP contribution < -0.4 is 10.5 Å². The minimum Gasteiger partial charge on any atom is -0.310 e. The summed E-state index contributed by atoms with van der Waals surface area (Å²) in [6.07, 6.45) is 0. The lowest BCUT2D eigenvalue weighted by Crippen LogP contribution is -2.16. The Morgan fingerprint density at radius 2 is 1.14 bits per heavy atom. The van der Waals surface area contributed by atoms with Crippen molar-refractivity contribution in [1.82, 2.24) is 9.38 Å². The van der Waals surface area contributed by atoms with Gasteiger partial charge in [-0.2, -0.15) is 0 Å². The number of imidazole rings is 1. The minimum atomic E-state index is -0.142. The molecule has 270 valence electrons. The molecule has 0 amide bonds. The summed E-state index contributed by atoms with van der Waals surface area (Å²) in [5.74, 6) is 0.656. The number of anilines is 3. The fourth-order valence-corrected chi connectivity index (χ4v) is 9.26. The van der Waals surface area contributed by atoms with Crippen LogP contribution in [0.25, 0.3) is 72.0 Å². The van der Waals surface area contributed by atoms with Gasteiger partial charge in [-0.25, -0.2) is 4.98 Å². The van der Waals surface area contributed by atoms with Gasteiger partial charge >= 0.3 is 0 Å². The highest BCUT2D eigenvalue weighted by Gasteiger charge is 2.37. The first-order chi connectivity index (χ1) is 28.0. The summed E-state index contributed by atoms with van der Waals surface area (Å²) in [5, 5.41) is 2.62. The van der Waals surface area contributed by atoms with Crippen molar-refractivity contribution in [2.75, 3.05) is 4.90 Å². The Hall–Kier alpha value is -7.30. The number of pyridine rings is 1. The molecule has 0 radical (unpaired) electrons. The smallest absolute Gasteiger partial charge is 0.264 e. The van der Waals surface area contributed by atoms with E-state index in [9.17, 15) is 4.79 Å². The second-order valence-corrected chi connectivity index (χ2v) is 15.5. The Kier molecular flexibility index (Phi) is 7.32. The number of hydrogen-bond acceptors (Lipinski definition) is 3. The van der Waals surface area contributed by atoms with E-state index >= 15 is 0 Å². The lowest BCUT2D eigenvalue weighted by molar-refractivity contribution is 0.660. The molecule has 0 fully saturated rings. The van der Waals surface area contributed by atoms with E-state index < -0.39 is 0 Å². The zero-order chi connectivity index (χ0) is 38.3. The average molecular weight is 732 g/mol. The first kappa shape index (κ1) is 33.1. The molecular formula is C53H37N3O. The van der Waals surface area contributed by atoms with Crippen LogP contribution in [-0.4, -0.2) is 9.38 Å². The van der Waals surface area contributed by atoms with Crippen molar-refractivity contribution < 1.29 is 0 Å². The maximum absolute atomic E-state index is 14.3. The largest absolute Gasteiger partial charge is 0.310 e. The first-order valence-corrected chi connectivity index (χ1v) is 19.5. The summed E-state index contributed by atoms with van der Waals surface area (Å²) >= 11 is 0. The van der Waals surface area contributed by atoms with Crippen LogP contribution in [0.3, 0.4) is 0 Å². The van der Waals surface area contributed by atoms with E-state index in [1.807, 2.05) is 52.9 Å². The van der Waals surface area contributed by atoms with Gasteiger partial charge in [-0.15, -0.1) is 0 Å². The van der Waals surface area contributed by atoms with Gasteiger partial charge < -0.3 is 4.90 Å². The number of hydrogen-bond donors (Lipinski definition) is 0. The molecule has 0 N–H and O–H groups in total. The number of benzene rings is 8. The van der Waals surface area contributed by atoms with Crippen LogP contribution >= 0.6 is 0 Å². The van der Waals surface area contributed by atoms with Crippen LogP contribution in [0.2, 0.25) is 0 Å². The van der Waals surface area contributed by atoms with Gasteiger partial charge in [0.15, 0.2) is 0 Å². The molecule has 0 bridgehead atoms. The molecule has 0 saturated heterocycles. The summed E-state index contributed by atoms with van der Waals surface area (Å²) in [7, 11) is 0. The predicted molar refractivity (Wildman–Crippen MR) is 236 cm³/mol. The molecule has 4 heteroatoms. The monoisotopic (exact) mass is 731 g/mol. The van der Waals surface area contributed by atoms with Gasteiger partial charge in [0, 0.05) is 38.7 Å². The third-order valence-electron chi connectivity index (χ3n) is 12.0. The van der Waals surface area contributed by atoms with Crippen molar-refractivity contribution in [1.29, 1.82) is 0 Å². The van der Waals surface area contributed by atoms with Crippen LogP contribution in [0.4, 0.5) is 17.1 Å². The van der Waals surface area contributed by atoms with E-state index in [1.54, 1.807) is 0 Å². The van der Waals surface area contributed by atoms with E-state index in [4.69, 9.17) is 4.98 Å². The van der Waals surface area contributed by atoms with Gasteiger partial charge in [-0.3, -0.25) is 9.20 Å². The molecule has 2 heterocycles. The lowest BCUT2D eigenvalue weighted by Gasteiger charge is -2.29. The molecule has 57 heavy (non-hydrogen) atoms. The Morgan fingerprint density at radius 1 is 0.509 bits per heavy atom. The molecule has 0 aliphatic heterocycles. The van der Waals surface area contributed by atoms with Crippen LogP contribution in [0, 0.1) is 0 Å². The Labute approximate surface area is 330 Å². The van der Waals surface area contributed by atoms with E-state index in [0.717, 1.165) is 55.6 Å². The molecule has 0 unspecified atom stereocenters. The molecule has 1 aliphatic rings. The molecular weight excluding hydrogens is 695 g/mol. The molecule has 1 aliphatic carbocycles. The third-order valence-corrected chi connectivity index (χ3v) is 12.0. The molecule has 8 aromatic carbocycles. The fraction of sp³-hybridized carbons (Fsp3) is 0.0566. The normalized spacial score (nSPS) is 12.9. The van der Waals surface area contributed by atoms with Crippen LogP contribution in [-0.2, 0) is 5.41 Å². The van der Waals surface area contributed by atoms with Crippen molar-refractivity contribution in [2.24, 2.45) is 0 Å². The SMILES string of the molecule is CC1(C)c2ccccc2-c2c(N(c3ccc(-c4ccccc4)cc3)c3cccc(-c4ccc5nc(-c6ccccc6)n6c(=O)c7ccccc7c4c56)c3)cccc21. The van der Waals surface area contributed by atoms with Gasteiger partial charge in [-0.05, 0) is 86.8 Å². The highest BCUT2D eigenvalue weighted by Crippen LogP contribution is 2.54. The quantitative estimate of drug-likeness (QED) is 0.160. The Balaban J connectivity index is 1.15. The molecule has 0 atom stereocenters. The average Bonchev–Trinajstić information content (AvgIpc) is 3.77. The second kappa shape index (κ2) is 12.6. The van der Waals surface area contributed by atoms with Crippen molar-refractivity contribution in [3.05, 3.63) is 210 Å². The van der Waals surface area contributed by atoms with Crippen LogP contribution in [0.5, 0.6) is 0 Å². The van der Waals surface area contributed by atoms with E-state index in [2.05, 4.69) is 158 Å². The first-order valence-electron chi connectivity index (χ1n) is 19.5. The maximum Gasteiger partial charge on any atom is 0.264 e. The predicted octanol–water partition coefficient (Wildman–Crippen LogP) is 13.2. The highest BCUT2D eigenvalue weighted by molar-refractivity contribution is 6.18. The molecule has 2 aromatic heterocycles. The van der Waals surface area contributed by atoms with Gasteiger partial charge in [0.1, 0.15) is 5.82 Å². The molecule has 0 spiro atoms. The topological polar surface area (TPSA) is 37.6 Å². The van der Waals surface area contributed by atoms with Gasteiger partial charge in [0.25, 0.3) is 5.56 Å². The van der Waals surface area contributed by atoms with Gasteiger partial charge in [-0.1, -0.05) is 159 Å². The molecule has 4 nitrogen and oxygen atoms in total. The summed E-state index contributed by atoms with van der Waals surface area (Å²) in [6, 6.07) is 66.1. The summed E-state index contributed by atoms with van der Waals surface area (Å²) in [6.45, 7) is 4.67. The summed E-state index contributed by atoms with van der Waals surface area (Å²) in [5.41, 5.74) is 15.3. The molecule has 11 rings (SSSR count). The van der Waals surface area contributed by atoms with Crippen molar-refractivity contribution >= 4 is 44.3 Å². The summed E-state index contributed by atoms with van der Waals surface area (Å²) < 4.78 is 1.82. The number of aromatic nitrogens is 2. The standard InChI is InChI=1S/C53H37N3O/c1-53(2)44-24-12-11-23-43(44)49-45(53)25-14-26-47(49)55(38-29-27-35(28-30-38)34-15-5-3-6-16-34)39-20-13-19-37(33-39)40-31-32-46-50-48(40)41-21-9-10-22-42(41)52(57)56(50)51(54-46)36-17-7-4-8-18-36/h3-33H,1-2H3. The second-order valence-electron chi connectivity index (χ2n) is 15.5. The van der Waals surface area contributed by atoms with E-state index in [0.29, 0.717) is 11.2 Å². The maximum atomic E-state index is 14.3. The van der Waals surface area contributed by atoms with Crippen LogP contribution in [0.1, 0.15) is 25.0 Å². The summed E-state index contributed by atoms with van der Waals surface area (Å²) in [4.78, 5) is 21.8. The zero-order valence-electron chi connectivity index (χ0n) is 31.6. The number of nitrogens with zero attached hydrogens (tertiary/aromatic N) is 3. The van der Waals surface area contributed by atoms with Crippen molar-refractivity contribution in [3.8, 4) is 44.8 Å². The lowest BCUT2D eigenvalue weighted by atomic mass is 9.82. The minimum absolute atomic E-state index is 0.0587. The zero-order valence-corrected chi connectivity index (χ0v) is 31.6. The Bertz CT molecular complexity index is 3220. The van der Waals surface area contributed by atoms with E-state index in [-0.39, 0.29) is 11.0 Å². The highest BCUT2D eigenvalue weighted by atomic mass is 16.1.